The van der Waals surface area contributed by atoms with Gasteiger partial charge in [-0.05, 0) is 56.5 Å². The van der Waals surface area contributed by atoms with Crippen LogP contribution < -0.4 is 10.6 Å². The van der Waals surface area contributed by atoms with Gasteiger partial charge in [-0.15, -0.1) is 0 Å². The van der Waals surface area contributed by atoms with Crippen LogP contribution in [0.3, 0.4) is 0 Å². The smallest absolute Gasteiger partial charge is 0.224 e. The van der Waals surface area contributed by atoms with Gasteiger partial charge in [-0.2, -0.15) is 0 Å². The van der Waals surface area contributed by atoms with Gasteiger partial charge in [0.1, 0.15) is 5.82 Å². The predicted octanol–water partition coefficient (Wildman–Crippen LogP) is 3.20. The van der Waals surface area contributed by atoms with Gasteiger partial charge >= 0.3 is 0 Å². The molecule has 1 aromatic rings. The number of carbonyl (C=O) groups is 1. The fourth-order valence-corrected chi connectivity index (χ4v) is 2.48. The Labute approximate surface area is 117 Å². The molecule has 5 heteroatoms. The fourth-order valence-electron chi connectivity index (χ4n) is 2.31. The highest BCUT2D eigenvalue weighted by Gasteiger charge is 2.15. The molecule has 0 radical (unpaired) electrons. The highest BCUT2D eigenvalue weighted by Crippen LogP contribution is 2.23. The lowest BCUT2D eigenvalue weighted by Crippen LogP contribution is -2.30. The third kappa shape index (κ3) is 4.48. The van der Waals surface area contributed by atoms with E-state index in [0.29, 0.717) is 23.0 Å². The molecule has 0 bridgehead atoms. The molecule has 0 saturated carbocycles. The van der Waals surface area contributed by atoms with Gasteiger partial charge in [-0.3, -0.25) is 4.79 Å². The van der Waals surface area contributed by atoms with Gasteiger partial charge in [0.2, 0.25) is 5.91 Å². The Morgan fingerprint density at radius 3 is 3.11 bits per heavy atom. The van der Waals surface area contributed by atoms with E-state index in [9.17, 15) is 9.18 Å². The average molecular weight is 285 g/mol. The SMILES string of the molecule is O=C(CCC1CCCNC1)Nc1cc(F)ccc1Cl. The monoisotopic (exact) mass is 284 g/mol. The van der Waals surface area contributed by atoms with E-state index < -0.39 is 5.82 Å². The van der Waals surface area contributed by atoms with Crippen LogP contribution in [0.25, 0.3) is 0 Å². The molecule has 0 spiro atoms. The van der Waals surface area contributed by atoms with Gasteiger partial charge in [-0.25, -0.2) is 4.39 Å². The first-order chi connectivity index (χ1) is 9.15. The second kappa shape index (κ2) is 6.87. The average Bonchev–Trinajstić information content (AvgIpc) is 2.42. The summed E-state index contributed by atoms with van der Waals surface area (Å²) in [6.07, 6.45) is 3.63. The van der Waals surface area contributed by atoms with E-state index in [-0.39, 0.29) is 5.91 Å². The molecule has 3 nitrogen and oxygen atoms in total. The lowest BCUT2D eigenvalue weighted by Gasteiger charge is -2.22. The summed E-state index contributed by atoms with van der Waals surface area (Å²) in [6.45, 7) is 2.05. The minimum Gasteiger partial charge on any atom is -0.325 e. The van der Waals surface area contributed by atoms with Crippen molar-refractivity contribution in [3.63, 3.8) is 0 Å². The van der Waals surface area contributed by atoms with Crippen molar-refractivity contribution in [2.75, 3.05) is 18.4 Å². The zero-order valence-corrected chi connectivity index (χ0v) is 11.5. The van der Waals surface area contributed by atoms with E-state index >= 15 is 0 Å². The van der Waals surface area contributed by atoms with E-state index in [1.54, 1.807) is 0 Å². The van der Waals surface area contributed by atoms with E-state index in [0.717, 1.165) is 19.5 Å². The van der Waals surface area contributed by atoms with Gasteiger partial charge < -0.3 is 10.6 Å². The summed E-state index contributed by atoms with van der Waals surface area (Å²) < 4.78 is 13.1. The first-order valence-corrected chi connectivity index (χ1v) is 6.98. The molecule has 1 amide bonds. The summed E-state index contributed by atoms with van der Waals surface area (Å²) in [7, 11) is 0. The van der Waals surface area contributed by atoms with Gasteiger partial charge in [0, 0.05) is 6.42 Å². The molecule has 19 heavy (non-hydrogen) atoms. The Morgan fingerprint density at radius 2 is 2.37 bits per heavy atom. The number of hydrogen-bond donors (Lipinski definition) is 2. The normalized spacial score (nSPS) is 19.2. The number of anilines is 1. The minimum atomic E-state index is -0.406. The van der Waals surface area contributed by atoms with Crippen molar-refractivity contribution in [2.24, 2.45) is 5.92 Å². The number of benzene rings is 1. The maximum absolute atomic E-state index is 13.1. The van der Waals surface area contributed by atoms with Crippen LogP contribution in [0.1, 0.15) is 25.7 Å². The lowest BCUT2D eigenvalue weighted by atomic mass is 9.94. The number of piperidine rings is 1. The van der Waals surface area contributed by atoms with Crippen molar-refractivity contribution in [1.29, 1.82) is 0 Å². The number of carbonyl (C=O) groups excluding carboxylic acids is 1. The molecule has 1 atom stereocenters. The largest absolute Gasteiger partial charge is 0.325 e. The second-order valence-corrected chi connectivity index (χ2v) is 5.33. The Kier molecular flexibility index (Phi) is 5.16. The van der Waals surface area contributed by atoms with Crippen molar-refractivity contribution in [2.45, 2.75) is 25.7 Å². The van der Waals surface area contributed by atoms with Crippen molar-refractivity contribution in [3.05, 3.63) is 29.0 Å². The third-order valence-electron chi connectivity index (χ3n) is 3.38. The zero-order chi connectivity index (χ0) is 13.7. The van der Waals surface area contributed by atoms with Crippen molar-refractivity contribution in [1.82, 2.24) is 5.32 Å². The summed E-state index contributed by atoms with van der Waals surface area (Å²) in [5, 5.41) is 6.34. The standard InChI is InChI=1S/C14H18ClFN2O/c15-12-5-4-11(16)8-13(12)18-14(19)6-3-10-2-1-7-17-9-10/h4-5,8,10,17H,1-3,6-7,9H2,(H,18,19). The summed E-state index contributed by atoms with van der Waals surface area (Å²) in [5.41, 5.74) is 0.341. The van der Waals surface area contributed by atoms with Gasteiger partial charge in [-0.1, -0.05) is 11.6 Å². The number of halogens is 2. The topological polar surface area (TPSA) is 41.1 Å². The van der Waals surface area contributed by atoms with Crippen LogP contribution in [0.5, 0.6) is 0 Å². The molecule has 104 valence electrons. The Bertz CT molecular complexity index is 447. The molecule has 1 saturated heterocycles. The van der Waals surface area contributed by atoms with E-state index in [4.69, 9.17) is 11.6 Å². The molecule has 1 fully saturated rings. The highest BCUT2D eigenvalue weighted by molar-refractivity contribution is 6.33. The molecule has 1 aromatic carbocycles. The van der Waals surface area contributed by atoms with Crippen molar-refractivity contribution in [3.8, 4) is 0 Å². The summed E-state index contributed by atoms with van der Waals surface area (Å²) in [5.74, 6) is 0.0386. The summed E-state index contributed by atoms with van der Waals surface area (Å²) in [4.78, 5) is 11.8. The maximum atomic E-state index is 13.1. The first kappa shape index (κ1) is 14.3. The van der Waals surface area contributed by atoms with Crippen LogP contribution in [0.2, 0.25) is 5.02 Å². The zero-order valence-electron chi connectivity index (χ0n) is 10.7. The molecular weight excluding hydrogens is 267 g/mol. The number of rotatable bonds is 4. The maximum Gasteiger partial charge on any atom is 0.224 e. The minimum absolute atomic E-state index is 0.113. The Hall–Kier alpha value is -1.13. The first-order valence-electron chi connectivity index (χ1n) is 6.61. The molecule has 1 aliphatic heterocycles. The molecule has 0 aromatic heterocycles. The molecule has 2 N–H and O–H groups in total. The van der Waals surface area contributed by atoms with E-state index in [2.05, 4.69) is 10.6 Å². The quantitative estimate of drug-likeness (QED) is 0.891. The Balaban J connectivity index is 1.81. The van der Waals surface area contributed by atoms with Crippen LogP contribution in [0, 0.1) is 11.7 Å². The Morgan fingerprint density at radius 1 is 1.53 bits per heavy atom. The summed E-state index contributed by atoms with van der Waals surface area (Å²) >= 11 is 5.90. The highest BCUT2D eigenvalue weighted by atomic mass is 35.5. The van der Waals surface area contributed by atoms with Crippen molar-refractivity contribution >= 4 is 23.2 Å². The molecule has 1 heterocycles. The fraction of sp³-hybridized carbons (Fsp3) is 0.500. The van der Waals surface area contributed by atoms with Gasteiger partial charge in [0.15, 0.2) is 0 Å². The molecule has 1 unspecified atom stereocenters. The lowest BCUT2D eigenvalue weighted by molar-refractivity contribution is -0.116. The van der Waals surface area contributed by atoms with Gasteiger partial charge in [0.05, 0.1) is 10.7 Å². The van der Waals surface area contributed by atoms with E-state index in [1.165, 1.54) is 31.0 Å². The molecular formula is C14H18ClFN2O. The van der Waals surface area contributed by atoms with Crippen LogP contribution >= 0.6 is 11.6 Å². The predicted molar refractivity (Wildman–Crippen MR) is 74.9 cm³/mol. The third-order valence-corrected chi connectivity index (χ3v) is 3.71. The number of nitrogens with one attached hydrogen (secondary N) is 2. The van der Waals surface area contributed by atoms with Crippen molar-refractivity contribution < 1.29 is 9.18 Å². The van der Waals surface area contributed by atoms with Crippen LogP contribution in [0.4, 0.5) is 10.1 Å². The number of hydrogen-bond acceptors (Lipinski definition) is 2. The molecule has 2 rings (SSSR count). The summed E-state index contributed by atoms with van der Waals surface area (Å²) in [6, 6.07) is 3.95. The van der Waals surface area contributed by atoms with E-state index in [1.807, 2.05) is 0 Å². The molecule has 0 aliphatic carbocycles. The number of amides is 1. The van der Waals surface area contributed by atoms with Crippen LogP contribution in [-0.4, -0.2) is 19.0 Å². The molecule has 1 aliphatic rings. The van der Waals surface area contributed by atoms with Crippen LogP contribution in [0.15, 0.2) is 18.2 Å². The van der Waals surface area contributed by atoms with Crippen LogP contribution in [-0.2, 0) is 4.79 Å². The van der Waals surface area contributed by atoms with Gasteiger partial charge in [0.25, 0.3) is 0 Å². The second-order valence-electron chi connectivity index (χ2n) is 4.92.